The average molecular weight is 353 g/mol. The Morgan fingerprint density at radius 3 is 2.35 bits per heavy atom. The van der Waals surface area contributed by atoms with Crippen LogP contribution in [0.15, 0.2) is 24.7 Å². The fourth-order valence-corrected chi connectivity index (χ4v) is 3.37. The summed E-state index contributed by atoms with van der Waals surface area (Å²) in [5.74, 6) is 0.527. The van der Waals surface area contributed by atoms with Gasteiger partial charge in [-0.2, -0.15) is 0 Å². The van der Waals surface area contributed by atoms with Crippen molar-refractivity contribution in [3.8, 4) is 23.0 Å². The molecule has 8 heteroatoms. The van der Waals surface area contributed by atoms with Crippen LogP contribution in [0.5, 0.6) is 11.8 Å². The number of methoxy groups -OCH3 is 2. The first-order valence-corrected chi connectivity index (χ1v) is 8.21. The van der Waals surface area contributed by atoms with Crippen LogP contribution in [-0.4, -0.2) is 39.6 Å². The van der Waals surface area contributed by atoms with Crippen LogP contribution in [0.25, 0.3) is 22.2 Å². The van der Waals surface area contributed by atoms with Crippen molar-refractivity contribution in [1.29, 1.82) is 0 Å². The zero-order valence-electron chi connectivity index (χ0n) is 14.8. The molecule has 3 aromatic rings. The number of rotatable bonds is 5. The Bertz CT molecular complexity index is 1000. The minimum absolute atomic E-state index is 0.319. The highest BCUT2D eigenvalue weighted by atomic mass is 16.5. The molecule has 0 aliphatic heterocycles. The van der Waals surface area contributed by atoms with Gasteiger partial charge in [-0.3, -0.25) is 9.78 Å². The topological polar surface area (TPSA) is 105 Å². The summed E-state index contributed by atoms with van der Waals surface area (Å²) < 4.78 is 12.8. The number of nitrogens with two attached hydrogens (primary N) is 1. The molecule has 1 saturated carbocycles. The second-order valence-electron chi connectivity index (χ2n) is 6.43. The van der Waals surface area contributed by atoms with Gasteiger partial charge in [0, 0.05) is 12.4 Å². The van der Waals surface area contributed by atoms with Gasteiger partial charge in [0.05, 0.1) is 42.7 Å². The van der Waals surface area contributed by atoms with Crippen LogP contribution in [0.4, 0.5) is 0 Å². The number of hydrogen-bond donors (Lipinski definition) is 1. The second kappa shape index (κ2) is 5.69. The lowest BCUT2D eigenvalue weighted by atomic mass is 10.00. The fourth-order valence-electron chi connectivity index (χ4n) is 3.37. The molecule has 0 aromatic carbocycles. The quantitative estimate of drug-likeness (QED) is 0.746. The highest BCUT2D eigenvalue weighted by Gasteiger charge is 2.51. The van der Waals surface area contributed by atoms with Gasteiger partial charge in [-0.05, 0) is 25.0 Å². The molecule has 2 N–H and O–H groups in total. The van der Waals surface area contributed by atoms with E-state index in [1.54, 1.807) is 20.4 Å². The van der Waals surface area contributed by atoms with Gasteiger partial charge in [-0.15, -0.1) is 0 Å². The van der Waals surface area contributed by atoms with Gasteiger partial charge >= 0.3 is 0 Å². The third-order valence-electron chi connectivity index (χ3n) is 5.06. The van der Waals surface area contributed by atoms with E-state index in [9.17, 15) is 4.79 Å². The Hall–Kier alpha value is -3.16. The number of amides is 1. The van der Waals surface area contributed by atoms with Crippen molar-refractivity contribution in [2.24, 2.45) is 12.8 Å². The first-order valence-electron chi connectivity index (χ1n) is 8.21. The maximum Gasteiger partial charge on any atom is 0.229 e. The summed E-state index contributed by atoms with van der Waals surface area (Å²) in [5, 5.41) is 0.952. The third-order valence-corrected chi connectivity index (χ3v) is 5.06. The van der Waals surface area contributed by atoms with Gasteiger partial charge < -0.3 is 19.8 Å². The largest absolute Gasteiger partial charge is 0.480 e. The molecule has 3 heterocycles. The van der Waals surface area contributed by atoms with Crippen molar-refractivity contribution in [2.75, 3.05) is 14.2 Å². The van der Waals surface area contributed by atoms with Crippen LogP contribution in [0.3, 0.4) is 0 Å². The minimum Gasteiger partial charge on any atom is -0.480 e. The van der Waals surface area contributed by atoms with E-state index < -0.39 is 5.41 Å². The summed E-state index contributed by atoms with van der Waals surface area (Å²) in [5.41, 5.74) is 8.09. The Morgan fingerprint density at radius 2 is 1.81 bits per heavy atom. The van der Waals surface area contributed by atoms with Crippen molar-refractivity contribution < 1.29 is 14.3 Å². The van der Waals surface area contributed by atoms with E-state index in [0.717, 1.165) is 35.1 Å². The van der Waals surface area contributed by atoms with Crippen molar-refractivity contribution in [3.05, 3.63) is 30.4 Å². The summed E-state index contributed by atoms with van der Waals surface area (Å²) in [6.45, 7) is 0. The predicted molar refractivity (Wildman–Crippen MR) is 95.0 cm³/mol. The van der Waals surface area contributed by atoms with Crippen molar-refractivity contribution in [3.63, 3.8) is 0 Å². The lowest BCUT2D eigenvalue weighted by Crippen LogP contribution is -2.29. The fraction of sp³-hybridized carbons (Fsp3) is 0.333. The van der Waals surface area contributed by atoms with Gasteiger partial charge in [-0.1, -0.05) is 0 Å². The molecule has 4 rings (SSSR count). The standard InChI is InChI=1S/C18H19N5O3/c1-23-11(14-15(25-2)21-9-22-16(14)26-3)6-10-7-13(20-8-12(10)23)18(4-5-18)17(19)24/h6-9H,4-5H2,1-3H3,(H2,19,24). The van der Waals surface area contributed by atoms with Crippen LogP contribution in [0.1, 0.15) is 18.5 Å². The number of aromatic nitrogens is 4. The molecule has 1 amide bonds. The van der Waals surface area contributed by atoms with Crippen LogP contribution >= 0.6 is 0 Å². The number of carbonyl (C=O) groups is 1. The van der Waals surface area contributed by atoms with E-state index in [4.69, 9.17) is 15.2 Å². The second-order valence-corrected chi connectivity index (χ2v) is 6.43. The summed E-state index contributed by atoms with van der Waals surface area (Å²) >= 11 is 0. The monoisotopic (exact) mass is 353 g/mol. The molecule has 8 nitrogen and oxygen atoms in total. The normalized spacial score (nSPS) is 15.0. The zero-order chi connectivity index (χ0) is 18.5. The van der Waals surface area contributed by atoms with Crippen molar-refractivity contribution in [1.82, 2.24) is 19.5 Å². The summed E-state index contributed by atoms with van der Waals surface area (Å²) in [4.78, 5) is 24.7. The molecule has 0 saturated heterocycles. The van der Waals surface area contributed by atoms with Crippen LogP contribution in [0, 0.1) is 0 Å². The van der Waals surface area contributed by atoms with Crippen LogP contribution < -0.4 is 15.2 Å². The summed E-state index contributed by atoms with van der Waals surface area (Å²) in [6.07, 6.45) is 4.65. The van der Waals surface area contributed by atoms with E-state index in [-0.39, 0.29) is 5.91 Å². The minimum atomic E-state index is -0.616. The lowest BCUT2D eigenvalue weighted by Gasteiger charge is -2.12. The van der Waals surface area contributed by atoms with Gasteiger partial charge in [0.25, 0.3) is 0 Å². The molecule has 3 aromatic heterocycles. The molecule has 26 heavy (non-hydrogen) atoms. The molecular weight excluding hydrogens is 334 g/mol. The summed E-state index contributed by atoms with van der Waals surface area (Å²) in [6, 6.07) is 3.92. The van der Waals surface area contributed by atoms with Gasteiger partial charge in [-0.25, -0.2) is 9.97 Å². The number of nitrogens with zero attached hydrogens (tertiary/aromatic N) is 4. The van der Waals surface area contributed by atoms with E-state index in [1.165, 1.54) is 6.33 Å². The SMILES string of the molecule is COc1ncnc(OC)c1-c1cc2cc(C3(C(N)=O)CC3)ncc2n1C. The number of carbonyl (C=O) groups excluding carboxylic acids is 1. The van der Waals surface area contributed by atoms with E-state index >= 15 is 0 Å². The Morgan fingerprint density at radius 1 is 1.15 bits per heavy atom. The van der Waals surface area contributed by atoms with E-state index in [2.05, 4.69) is 15.0 Å². The smallest absolute Gasteiger partial charge is 0.229 e. The number of ether oxygens (including phenoxy) is 2. The molecule has 1 aliphatic carbocycles. The molecular formula is C18H19N5O3. The molecule has 1 fully saturated rings. The van der Waals surface area contributed by atoms with Gasteiger partial charge in [0.15, 0.2) is 0 Å². The maximum absolute atomic E-state index is 11.8. The first-order chi connectivity index (χ1) is 12.5. The highest BCUT2D eigenvalue weighted by Crippen LogP contribution is 2.48. The first kappa shape index (κ1) is 16.3. The molecule has 0 atom stereocenters. The molecule has 0 spiro atoms. The molecule has 0 unspecified atom stereocenters. The molecule has 0 radical (unpaired) electrons. The third kappa shape index (κ3) is 2.22. The predicted octanol–water partition coefficient (Wildman–Crippen LogP) is 1.56. The molecule has 0 bridgehead atoms. The van der Waals surface area contributed by atoms with Crippen molar-refractivity contribution >= 4 is 16.8 Å². The zero-order valence-corrected chi connectivity index (χ0v) is 14.8. The van der Waals surface area contributed by atoms with Crippen LogP contribution in [-0.2, 0) is 17.3 Å². The average Bonchev–Trinajstić information content (AvgIpc) is 3.41. The lowest BCUT2D eigenvalue weighted by molar-refractivity contribution is -0.120. The van der Waals surface area contributed by atoms with E-state index in [0.29, 0.717) is 17.3 Å². The van der Waals surface area contributed by atoms with Gasteiger partial charge in [0.2, 0.25) is 17.7 Å². The van der Waals surface area contributed by atoms with Crippen LogP contribution in [0.2, 0.25) is 0 Å². The summed E-state index contributed by atoms with van der Waals surface area (Å²) in [7, 11) is 5.03. The maximum atomic E-state index is 11.8. The number of primary amides is 1. The highest BCUT2D eigenvalue weighted by molar-refractivity contribution is 5.93. The number of hydrogen-bond acceptors (Lipinski definition) is 6. The Labute approximate surface area is 150 Å². The molecule has 1 aliphatic rings. The Kier molecular flexibility index (Phi) is 3.57. The molecule has 134 valence electrons. The Balaban J connectivity index is 1.91. The number of pyridine rings is 1. The van der Waals surface area contributed by atoms with E-state index in [1.807, 2.05) is 23.7 Å². The number of fused-ring (bicyclic) bond motifs is 1. The van der Waals surface area contributed by atoms with Gasteiger partial charge in [0.1, 0.15) is 11.9 Å². The van der Waals surface area contributed by atoms with Crippen molar-refractivity contribution in [2.45, 2.75) is 18.3 Å². The number of aryl methyl sites for hydroxylation is 1.